The van der Waals surface area contributed by atoms with Crippen molar-refractivity contribution in [3.63, 3.8) is 0 Å². The Morgan fingerprint density at radius 3 is 2.25 bits per heavy atom. The Morgan fingerprint density at radius 2 is 1.62 bits per heavy atom. The zero-order valence-electron chi connectivity index (χ0n) is 21.5. The number of carbonyl (C=O) groups is 3. The molecule has 1 aliphatic heterocycles. The lowest BCUT2D eigenvalue weighted by molar-refractivity contribution is -0.384. The first-order valence-electron chi connectivity index (χ1n) is 12.2. The first-order chi connectivity index (χ1) is 19.2. The first kappa shape index (κ1) is 28.3. The van der Waals surface area contributed by atoms with Gasteiger partial charge in [0.2, 0.25) is 0 Å². The summed E-state index contributed by atoms with van der Waals surface area (Å²) >= 11 is 3.46. The monoisotopic (exact) mass is 609 g/mol. The van der Waals surface area contributed by atoms with Gasteiger partial charge in [0.05, 0.1) is 28.3 Å². The zero-order chi connectivity index (χ0) is 28.8. The summed E-state index contributed by atoms with van der Waals surface area (Å²) in [5.41, 5.74) is 1.14. The molecule has 206 valence electrons. The molecule has 4 rings (SSSR count). The molecular weight excluding hydrogens is 586 g/mol. The van der Waals surface area contributed by atoms with Gasteiger partial charge >= 0.3 is 6.03 Å². The number of nitrogens with one attached hydrogen (secondary N) is 1. The van der Waals surface area contributed by atoms with Crippen molar-refractivity contribution in [1.29, 1.82) is 0 Å². The maximum Gasteiger partial charge on any atom is 0.335 e. The van der Waals surface area contributed by atoms with E-state index in [4.69, 9.17) is 14.2 Å². The number of carbonyl (C=O) groups excluding carboxylic acids is 3. The molecule has 0 spiro atoms. The Morgan fingerprint density at radius 1 is 0.950 bits per heavy atom. The van der Waals surface area contributed by atoms with Crippen LogP contribution in [0.4, 0.5) is 16.2 Å². The predicted molar refractivity (Wildman–Crippen MR) is 149 cm³/mol. The molecule has 0 atom stereocenters. The van der Waals surface area contributed by atoms with Crippen molar-refractivity contribution in [3.05, 3.63) is 92.0 Å². The van der Waals surface area contributed by atoms with Gasteiger partial charge in [-0.15, -0.1) is 0 Å². The SMILES string of the molecule is CCOc1ccc(N2C(=O)NC(=O)/C(=C/c3cc(Br)c(OCc4ccc([N+](=O)[O-])cc4)c(OCC)c3)C2=O)cc1. The average molecular weight is 610 g/mol. The number of rotatable bonds is 10. The van der Waals surface area contributed by atoms with E-state index in [0.717, 1.165) is 4.90 Å². The van der Waals surface area contributed by atoms with Gasteiger partial charge in [-0.2, -0.15) is 0 Å². The van der Waals surface area contributed by atoms with E-state index in [0.29, 0.717) is 46.1 Å². The third-order valence-corrected chi connectivity index (χ3v) is 6.27. The summed E-state index contributed by atoms with van der Waals surface area (Å²) in [6.07, 6.45) is 1.36. The van der Waals surface area contributed by atoms with Crippen LogP contribution in [0.15, 0.2) is 70.7 Å². The summed E-state index contributed by atoms with van der Waals surface area (Å²) in [7, 11) is 0. The molecule has 4 amide bonds. The van der Waals surface area contributed by atoms with Crippen molar-refractivity contribution < 1.29 is 33.5 Å². The van der Waals surface area contributed by atoms with Gasteiger partial charge in [0.15, 0.2) is 11.5 Å². The van der Waals surface area contributed by atoms with E-state index in [1.54, 1.807) is 55.5 Å². The highest BCUT2D eigenvalue weighted by atomic mass is 79.9. The fourth-order valence-electron chi connectivity index (χ4n) is 3.86. The summed E-state index contributed by atoms with van der Waals surface area (Å²) in [5, 5.41) is 13.1. The topological polar surface area (TPSA) is 137 Å². The summed E-state index contributed by atoms with van der Waals surface area (Å²) in [6.45, 7) is 4.50. The highest BCUT2D eigenvalue weighted by molar-refractivity contribution is 9.10. The Labute approximate surface area is 237 Å². The predicted octanol–water partition coefficient (Wildman–Crippen LogP) is 5.40. The number of anilines is 1. The molecule has 11 nitrogen and oxygen atoms in total. The second kappa shape index (κ2) is 12.4. The van der Waals surface area contributed by atoms with Crippen molar-refractivity contribution >= 4 is 51.2 Å². The van der Waals surface area contributed by atoms with Crippen LogP contribution in [0, 0.1) is 10.1 Å². The van der Waals surface area contributed by atoms with Crippen LogP contribution in [0.25, 0.3) is 6.08 Å². The lowest BCUT2D eigenvalue weighted by Crippen LogP contribution is -2.54. The number of benzene rings is 3. The molecule has 40 heavy (non-hydrogen) atoms. The molecule has 0 unspecified atom stereocenters. The van der Waals surface area contributed by atoms with Crippen LogP contribution in [0.1, 0.15) is 25.0 Å². The fraction of sp³-hybridized carbons (Fsp3) is 0.179. The van der Waals surface area contributed by atoms with Gasteiger partial charge < -0.3 is 14.2 Å². The first-order valence-corrected chi connectivity index (χ1v) is 13.0. The molecule has 1 saturated heterocycles. The summed E-state index contributed by atoms with van der Waals surface area (Å²) in [6, 6.07) is 14.7. The van der Waals surface area contributed by atoms with Crippen molar-refractivity contribution in [1.82, 2.24) is 5.32 Å². The van der Waals surface area contributed by atoms with Gasteiger partial charge in [-0.3, -0.25) is 25.0 Å². The van der Waals surface area contributed by atoms with E-state index in [9.17, 15) is 24.5 Å². The Balaban J connectivity index is 1.61. The van der Waals surface area contributed by atoms with Crippen LogP contribution in [0.3, 0.4) is 0 Å². The molecule has 1 aliphatic rings. The minimum Gasteiger partial charge on any atom is -0.494 e. The van der Waals surface area contributed by atoms with E-state index in [1.807, 2.05) is 6.92 Å². The number of halogens is 1. The average Bonchev–Trinajstić information content (AvgIpc) is 2.92. The minimum atomic E-state index is -0.859. The maximum absolute atomic E-state index is 13.3. The second-order valence-electron chi connectivity index (χ2n) is 8.36. The van der Waals surface area contributed by atoms with Gasteiger partial charge in [-0.05, 0) is 95.5 Å². The van der Waals surface area contributed by atoms with Crippen LogP contribution in [0.2, 0.25) is 0 Å². The summed E-state index contributed by atoms with van der Waals surface area (Å²) < 4.78 is 17.6. The number of non-ortho nitro benzene ring substituents is 1. The highest BCUT2D eigenvalue weighted by Crippen LogP contribution is 2.38. The quantitative estimate of drug-likeness (QED) is 0.140. The van der Waals surface area contributed by atoms with Gasteiger partial charge in [-0.25, -0.2) is 9.69 Å². The van der Waals surface area contributed by atoms with Crippen molar-refractivity contribution in [2.75, 3.05) is 18.1 Å². The molecule has 1 N–H and O–H groups in total. The number of nitrogens with zero attached hydrogens (tertiary/aromatic N) is 2. The third kappa shape index (κ3) is 6.29. The van der Waals surface area contributed by atoms with E-state index in [-0.39, 0.29) is 23.6 Å². The maximum atomic E-state index is 13.3. The molecule has 0 aliphatic carbocycles. The van der Waals surface area contributed by atoms with E-state index in [1.165, 1.54) is 18.2 Å². The van der Waals surface area contributed by atoms with Gasteiger partial charge in [-0.1, -0.05) is 0 Å². The number of nitro groups is 1. The van der Waals surface area contributed by atoms with Crippen molar-refractivity contribution in [2.45, 2.75) is 20.5 Å². The molecule has 0 aromatic heterocycles. The Bertz CT molecular complexity index is 1490. The molecule has 0 radical (unpaired) electrons. The standard InChI is InChI=1S/C28H24BrN3O8/c1-3-38-21-11-9-19(10-12-21)31-27(34)22(26(33)30-28(31)35)13-18-14-23(29)25(24(15-18)39-4-2)40-16-17-5-7-20(8-6-17)32(36)37/h5-15H,3-4,16H2,1-2H3,(H,30,33,35)/b22-13-. The number of hydrogen-bond acceptors (Lipinski definition) is 8. The molecule has 1 fully saturated rings. The van der Waals surface area contributed by atoms with Crippen LogP contribution < -0.4 is 24.4 Å². The number of barbiturate groups is 1. The van der Waals surface area contributed by atoms with E-state index >= 15 is 0 Å². The number of urea groups is 1. The lowest BCUT2D eigenvalue weighted by atomic mass is 10.1. The van der Waals surface area contributed by atoms with Gasteiger partial charge in [0.1, 0.15) is 17.9 Å². The summed E-state index contributed by atoms with van der Waals surface area (Å²) in [4.78, 5) is 49.8. The zero-order valence-corrected chi connectivity index (χ0v) is 23.1. The Kier molecular flexibility index (Phi) is 8.80. The number of amides is 4. The van der Waals surface area contributed by atoms with Crippen LogP contribution in [-0.2, 0) is 16.2 Å². The number of hydrogen-bond donors (Lipinski definition) is 1. The lowest BCUT2D eigenvalue weighted by Gasteiger charge is -2.26. The number of imide groups is 2. The number of ether oxygens (including phenoxy) is 3. The molecule has 3 aromatic carbocycles. The minimum absolute atomic E-state index is 0.0265. The molecule has 0 saturated carbocycles. The van der Waals surface area contributed by atoms with Crippen LogP contribution in [-0.4, -0.2) is 36.0 Å². The molecule has 12 heteroatoms. The smallest absolute Gasteiger partial charge is 0.335 e. The molecule has 3 aromatic rings. The van der Waals surface area contributed by atoms with Crippen LogP contribution >= 0.6 is 15.9 Å². The largest absolute Gasteiger partial charge is 0.494 e. The number of nitro benzene ring substituents is 1. The van der Waals surface area contributed by atoms with E-state index in [2.05, 4.69) is 21.2 Å². The van der Waals surface area contributed by atoms with Crippen molar-refractivity contribution in [2.24, 2.45) is 0 Å². The molecular formula is C28H24BrN3O8. The second-order valence-corrected chi connectivity index (χ2v) is 9.21. The Hall–Kier alpha value is -4.71. The van der Waals surface area contributed by atoms with E-state index < -0.39 is 22.8 Å². The molecule has 1 heterocycles. The van der Waals surface area contributed by atoms with Crippen LogP contribution in [0.5, 0.6) is 17.2 Å². The summed E-state index contributed by atoms with van der Waals surface area (Å²) in [5.74, 6) is -0.330. The van der Waals surface area contributed by atoms with Gasteiger partial charge in [0.25, 0.3) is 17.5 Å². The fourth-order valence-corrected chi connectivity index (χ4v) is 4.43. The molecule has 0 bridgehead atoms. The highest BCUT2D eigenvalue weighted by Gasteiger charge is 2.37. The van der Waals surface area contributed by atoms with Gasteiger partial charge in [0, 0.05) is 12.1 Å². The van der Waals surface area contributed by atoms with Crippen molar-refractivity contribution in [3.8, 4) is 17.2 Å². The third-order valence-electron chi connectivity index (χ3n) is 5.68. The normalized spacial score (nSPS) is 14.2.